The molecule has 1 saturated heterocycles. The van der Waals surface area contributed by atoms with E-state index < -0.39 is 11.8 Å². The predicted molar refractivity (Wildman–Crippen MR) is 142 cm³/mol. The number of rotatable bonds is 8. The fraction of sp³-hybridized carbons (Fsp3) is 0.148. The summed E-state index contributed by atoms with van der Waals surface area (Å²) in [5.41, 5.74) is 1.43. The molecule has 8 heteroatoms. The van der Waals surface area contributed by atoms with Crippen LogP contribution in [0.3, 0.4) is 0 Å². The number of fused-ring (bicyclic) bond motifs is 1. The zero-order chi connectivity index (χ0) is 24.9. The molecular weight excluding hydrogens is 484 g/mol. The van der Waals surface area contributed by atoms with Crippen LogP contribution in [0.25, 0.3) is 16.8 Å². The minimum absolute atomic E-state index is 0.0440. The van der Waals surface area contributed by atoms with Crippen molar-refractivity contribution >= 4 is 57.6 Å². The van der Waals surface area contributed by atoms with Gasteiger partial charge in [0.05, 0.1) is 11.6 Å². The highest BCUT2D eigenvalue weighted by atomic mass is 35.5. The van der Waals surface area contributed by atoms with Crippen LogP contribution in [0.15, 0.2) is 72.8 Å². The van der Waals surface area contributed by atoms with Gasteiger partial charge < -0.3 is 9.47 Å². The van der Waals surface area contributed by atoms with Gasteiger partial charge in [-0.1, -0.05) is 54.1 Å². The second kappa shape index (κ2) is 10.7. The Balaban J connectivity index is 1.62. The first-order valence-electron chi connectivity index (χ1n) is 11.0. The Kier molecular flexibility index (Phi) is 7.48. The third-order valence-electron chi connectivity index (χ3n) is 5.34. The number of hydrogen-bond acceptors (Lipinski definition) is 5. The smallest absolute Gasteiger partial charge is 0.265 e. The number of carbonyl (C=O) groups is 2. The average Bonchev–Trinajstić information content (AvgIpc) is 2.84. The third-order valence-corrected chi connectivity index (χ3v) is 5.94. The third kappa shape index (κ3) is 5.37. The topological polar surface area (TPSA) is 67.9 Å². The Morgan fingerprint density at radius 1 is 1.09 bits per heavy atom. The summed E-state index contributed by atoms with van der Waals surface area (Å²) >= 11 is 11.7. The molecule has 35 heavy (non-hydrogen) atoms. The van der Waals surface area contributed by atoms with Gasteiger partial charge in [0.25, 0.3) is 11.8 Å². The highest BCUT2D eigenvalue weighted by molar-refractivity contribution is 7.80. The molecule has 4 rings (SSSR count). The van der Waals surface area contributed by atoms with E-state index >= 15 is 0 Å². The molecule has 1 aliphatic heterocycles. The first-order chi connectivity index (χ1) is 16.9. The molecule has 1 N–H and O–H groups in total. The van der Waals surface area contributed by atoms with Crippen LogP contribution in [0.1, 0.15) is 18.1 Å². The van der Waals surface area contributed by atoms with Gasteiger partial charge in [-0.3, -0.25) is 19.8 Å². The van der Waals surface area contributed by atoms with E-state index in [2.05, 4.69) is 24.0 Å². The SMILES string of the molecule is C=CCN1C(=O)/C(=C/c2cc(Cl)c(OCc3ccc4ccccc4c3)c(OCC)c2)C(=O)NC1=S. The standard InChI is InChI=1S/C27H23ClN2O4S/c1-3-11-30-26(32)21(25(31)29-27(30)35)13-18-14-22(28)24(23(15-18)33-4-2)34-16-17-9-10-19-7-5-6-8-20(19)12-17/h3,5-10,12-15H,1,4,11,16H2,2H3,(H,29,31,35)/b21-13+. The maximum absolute atomic E-state index is 12.8. The Bertz CT molecular complexity index is 1370. The number of amides is 2. The molecule has 6 nitrogen and oxygen atoms in total. The fourth-order valence-corrected chi connectivity index (χ4v) is 4.24. The predicted octanol–water partition coefficient (Wildman–Crippen LogP) is 5.28. The van der Waals surface area contributed by atoms with E-state index in [4.69, 9.17) is 33.3 Å². The number of ether oxygens (including phenoxy) is 2. The Hall–Kier alpha value is -3.68. The van der Waals surface area contributed by atoms with Gasteiger partial charge in [-0.2, -0.15) is 0 Å². The van der Waals surface area contributed by atoms with Crippen molar-refractivity contribution in [1.29, 1.82) is 0 Å². The lowest BCUT2D eigenvalue weighted by Crippen LogP contribution is -2.53. The number of carbonyl (C=O) groups excluding carboxylic acids is 2. The minimum atomic E-state index is -0.578. The van der Waals surface area contributed by atoms with Crippen LogP contribution in [-0.2, 0) is 16.2 Å². The van der Waals surface area contributed by atoms with Crippen LogP contribution in [0.5, 0.6) is 11.5 Å². The van der Waals surface area contributed by atoms with Gasteiger partial charge in [-0.05, 0) is 65.3 Å². The van der Waals surface area contributed by atoms with E-state index in [1.165, 1.54) is 17.1 Å². The molecule has 0 spiro atoms. The summed E-state index contributed by atoms with van der Waals surface area (Å²) < 4.78 is 11.8. The van der Waals surface area contributed by atoms with Gasteiger partial charge in [0.2, 0.25) is 0 Å². The summed E-state index contributed by atoms with van der Waals surface area (Å²) in [6.07, 6.45) is 2.99. The lowest BCUT2D eigenvalue weighted by atomic mass is 10.1. The van der Waals surface area contributed by atoms with Gasteiger partial charge in [0, 0.05) is 6.54 Å². The van der Waals surface area contributed by atoms with E-state index in [1.807, 2.05) is 37.3 Å². The molecule has 0 aromatic heterocycles. The van der Waals surface area contributed by atoms with Crippen molar-refractivity contribution in [2.45, 2.75) is 13.5 Å². The number of nitrogens with zero attached hydrogens (tertiary/aromatic N) is 1. The van der Waals surface area contributed by atoms with Crippen LogP contribution in [0.4, 0.5) is 0 Å². The average molecular weight is 507 g/mol. The Morgan fingerprint density at radius 3 is 2.60 bits per heavy atom. The van der Waals surface area contributed by atoms with Crippen molar-refractivity contribution in [2.75, 3.05) is 13.2 Å². The summed E-state index contributed by atoms with van der Waals surface area (Å²) in [7, 11) is 0. The first-order valence-corrected chi connectivity index (χ1v) is 11.8. The summed E-state index contributed by atoms with van der Waals surface area (Å²) in [5.74, 6) is -0.289. The molecule has 0 bridgehead atoms. The first kappa shape index (κ1) is 24.4. The Labute approximate surface area is 213 Å². The number of halogens is 1. The second-order valence-electron chi connectivity index (χ2n) is 7.75. The molecule has 0 atom stereocenters. The molecule has 3 aromatic carbocycles. The Morgan fingerprint density at radius 2 is 1.86 bits per heavy atom. The van der Waals surface area contributed by atoms with Crippen LogP contribution in [-0.4, -0.2) is 35.0 Å². The van der Waals surface area contributed by atoms with Crippen LogP contribution in [0, 0.1) is 0 Å². The molecule has 1 heterocycles. The fourth-order valence-electron chi connectivity index (χ4n) is 3.71. The van der Waals surface area contributed by atoms with Crippen molar-refractivity contribution in [3.63, 3.8) is 0 Å². The van der Waals surface area contributed by atoms with Crippen molar-refractivity contribution < 1.29 is 19.1 Å². The quantitative estimate of drug-likeness (QED) is 0.195. The molecule has 0 saturated carbocycles. The zero-order valence-electron chi connectivity index (χ0n) is 19.0. The molecule has 0 unspecified atom stereocenters. The molecule has 0 radical (unpaired) electrons. The van der Waals surface area contributed by atoms with Gasteiger partial charge in [0.1, 0.15) is 12.2 Å². The molecule has 2 amide bonds. The monoisotopic (exact) mass is 506 g/mol. The van der Waals surface area contributed by atoms with Crippen LogP contribution < -0.4 is 14.8 Å². The zero-order valence-corrected chi connectivity index (χ0v) is 20.6. The largest absolute Gasteiger partial charge is 0.490 e. The van der Waals surface area contributed by atoms with E-state index in [0.29, 0.717) is 35.3 Å². The van der Waals surface area contributed by atoms with E-state index in [1.54, 1.807) is 12.1 Å². The second-order valence-corrected chi connectivity index (χ2v) is 8.55. The molecule has 1 aliphatic rings. The number of thiocarbonyl (C=S) groups is 1. The number of nitrogens with one attached hydrogen (secondary N) is 1. The highest BCUT2D eigenvalue weighted by Crippen LogP contribution is 2.38. The van der Waals surface area contributed by atoms with E-state index in [-0.39, 0.29) is 17.2 Å². The summed E-state index contributed by atoms with van der Waals surface area (Å²) in [5, 5.41) is 5.13. The molecule has 3 aromatic rings. The van der Waals surface area contributed by atoms with Crippen molar-refractivity contribution in [1.82, 2.24) is 10.2 Å². The van der Waals surface area contributed by atoms with Crippen molar-refractivity contribution in [3.8, 4) is 11.5 Å². The maximum atomic E-state index is 12.8. The van der Waals surface area contributed by atoms with Crippen LogP contribution >= 0.6 is 23.8 Å². The van der Waals surface area contributed by atoms with Crippen molar-refractivity contribution in [3.05, 3.63) is 89.0 Å². The van der Waals surface area contributed by atoms with Gasteiger partial charge in [0.15, 0.2) is 16.6 Å². The van der Waals surface area contributed by atoms with Crippen molar-refractivity contribution in [2.24, 2.45) is 0 Å². The van der Waals surface area contributed by atoms with Gasteiger partial charge >= 0.3 is 0 Å². The summed E-state index contributed by atoms with van der Waals surface area (Å²) in [4.78, 5) is 26.5. The van der Waals surface area contributed by atoms with Crippen LogP contribution in [0.2, 0.25) is 5.02 Å². The van der Waals surface area contributed by atoms with E-state index in [0.717, 1.165) is 16.3 Å². The summed E-state index contributed by atoms with van der Waals surface area (Å²) in [6, 6.07) is 17.5. The highest BCUT2D eigenvalue weighted by Gasteiger charge is 2.32. The number of hydrogen-bond donors (Lipinski definition) is 1. The summed E-state index contributed by atoms with van der Waals surface area (Å²) in [6.45, 7) is 6.32. The van der Waals surface area contributed by atoms with E-state index in [9.17, 15) is 9.59 Å². The molecule has 178 valence electrons. The number of benzene rings is 3. The lowest BCUT2D eigenvalue weighted by molar-refractivity contribution is -0.128. The minimum Gasteiger partial charge on any atom is -0.490 e. The van der Waals surface area contributed by atoms with Gasteiger partial charge in [-0.15, -0.1) is 6.58 Å². The molecule has 0 aliphatic carbocycles. The van der Waals surface area contributed by atoms with Gasteiger partial charge in [-0.25, -0.2) is 0 Å². The lowest BCUT2D eigenvalue weighted by Gasteiger charge is -2.27. The normalized spacial score (nSPS) is 14.9. The maximum Gasteiger partial charge on any atom is 0.265 e. The molecular formula is C27H23ClN2O4S. The molecule has 1 fully saturated rings.